The fraction of sp³-hybridized carbons (Fsp3) is 0.353. The number of nitrogens with two attached hydrogens (primary N) is 1. The summed E-state index contributed by atoms with van der Waals surface area (Å²) in [6.07, 6.45) is 0. The first-order chi connectivity index (χ1) is 11.0. The first kappa shape index (κ1) is 17.3. The van der Waals surface area contributed by atoms with E-state index in [9.17, 15) is 4.79 Å². The largest absolute Gasteiger partial charge is 0.497 e. The topological polar surface area (TPSA) is 64.8 Å². The Morgan fingerprint density at radius 2 is 1.91 bits per heavy atom. The number of esters is 1. The highest BCUT2D eigenvalue weighted by molar-refractivity contribution is 7.17. The Morgan fingerprint density at radius 1 is 1.26 bits per heavy atom. The molecule has 0 aliphatic heterocycles. The smallest absolute Gasteiger partial charge is 0.341 e. The lowest BCUT2D eigenvalue weighted by molar-refractivity contribution is 0.0529. The highest BCUT2D eigenvalue weighted by Crippen LogP contribution is 2.40. The van der Waals surface area contributed by atoms with Crippen molar-refractivity contribution in [1.82, 2.24) is 4.90 Å². The van der Waals surface area contributed by atoms with Gasteiger partial charge in [-0.2, -0.15) is 0 Å². The molecule has 23 heavy (non-hydrogen) atoms. The minimum atomic E-state index is -0.378. The lowest BCUT2D eigenvalue weighted by Gasteiger charge is -2.12. The van der Waals surface area contributed by atoms with Crippen molar-refractivity contribution in [2.45, 2.75) is 13.5 Å². The number of methoxy groups -OCH3 is 1. The van der Waals surface area contributed by atoms with Crippen LogP contribution in [0.5, 0.6) is 5.75 Å². The number of nitrogens with zero attached hydrogens (tertiary/aromatic N) is 1. The Hall–Kier alpha value is -2.05. The van der Waals surface area contributed by atoms with Crippen molar-refractivity contribution in [3.05, 3.63) is 34.7 Å². The molecule has 1 heterocycles. The van der Waals surface area contributed by atoms with Crippen LogP contribution in [-0.4, -0.2) is 38.7 Å². The molecule has 2 N–H and O–H groups in total. The van der Waals surface area contributed by atoms with E-state index < -0.39 is 0 Å². The summed E-state index contributed by atoms with van der Waals surface area (Å²) in [6, 6.07) is 7.61. The molecule has 0 saturated carbocycles. The van der Waals surface area contributed by atoms with Gasteiger partial charge >= 0.3 is 5.97 Å². The molecule has 0 radical (unpaired) electrons. The SMILES string of the molecule is CCOC(=O)c1c(N)sc(CN(C)C)c1-c1ccc(OC)cc1. The van der Waals surface area contributed by atoms with Gasteiger partial charge in [-0.25, -0.2) is 4.79 Å². The van der Waals surface area contributed by atoms with Crippen LogP contribution in [0.25, 0.3) is 11.1 Å². The van der Waals surface area contributed by atoms with Gasteiger partial charge in [-0.1, -0.05) is 12.1 Å². The number of ether oxygens (including phenoxy) is 2. The van der Waals surface area contributed by atoms with Gasteiger partial charge < -0.3 is 20.1 Å². The zero-order valence-corrected chi connectivity index (χ0v) is 14.7. The van der Waals surface area contributed by atoms with Crippen LogP contribution in [-0.2, 0) is 11.3 Å². The number of nitrogen functional groups attached to an aromatic ring is 1. The Balaban J connectivity index is 2.57. The van der Waals surface area contributed by atoms with E-state index >= 15 is 0 Å². The highest BCUT2D eigenvalue weighted by atomic mass is 32.1. The van der Waals surface area contributed by atoms with E-state index in [4.69, 9.17) is 15.2 Å². The molecule has 5 nitrogen and oxygen atoms in total. The summed E-state index contributed by atoms with van der Waals surface area (Å²) in [5.41, 5.74) is 8.35. The van der Waals surface area contributed by atoms with E-state index in [0.717, 1.165) is 21.8 Å². The number of thiophene rings is 1. The number of benzene rings is 1. The fourth-order valence-corrected chi connectivity index (χ4v) is 3.56. The summed E-state index contributed by atoms with van der Waals surface area (Å²) in [5, 5.41) is 0.492. The summed E-state index contributed by atoms with van der Waals surface area (Å²) in [4.78, 5) is 15.4. The third-order valence-corrected chi connectivity index (χ3v) is 4.33. The van der Waals surface area contributed by atoms with Crippen LogP contribution in [0.3, 0.4) is 0 Å². The van der Waals surface area contributed by atoms with Gasteiger partial charge in [0.05, 0.1) is 13.7 Å². The van der Waals surface area contributed by atoms with E-state index in [1.807, 2.05) is 43.3 Å². The lowest BCUT2D eigenvalue weighted by atomic mass is 10.0. The minimum absolute atomic E-state index is 0.319. The van der Waals surface area contributed by atoms with Gasteiger partial charge in [0, 0.05) is 17.0 Å². The van der Waals surface area contributed by atoms with E-state index in [0.29, 0.717) is 23.7 Å². The van der Waals surface area contributed by atoms with Crippen molar-refractivity contribution in [3.63, 3.8) is 0 Å². The van der Waals surface area contributed by atoms with Crippen molar-refractivity contribution in [3.8, 4) is 16.9 Å². The van der Waals surface area contributed by atoms with Crippen LogP contribution >= 0.6 is 11.3 Å². The van der Waals surface area contributed by atoms with Crippen LogP contribution in [0.1, 0.15) is 22.2 Å². The zero-order chi connectivity index (χ0) is 17.0. The summed E-state index contributed by atoms with van der Waals surface area (Å²) in [6.45, 7) is 2.81. The van der Waals surface area contributed by atoms with Gasteiger partial charge in [0.15, 0.2) is 0 Å². The first-order valence-electron chi connectivity index (χ1n) is 7.35. The molecule has 0 fully saturated rings. The van der Waals surface area contributed by atoms with Gasteiger partial charge in [-0.3, -0.25) is 0 Å². The van der Waals surface area contributed by atoms with Crippen molar-refractivity contribution in [1.29, 1.82) is 0 Å². The first-order valence-corrected chi connectivity index (χ1v) is 8.17. The number of hydrogen-bond acceptors (Lipinski definition) is 6. The monoisotopic (exact) mass is 334 g/mol. The molecule has 1 aromatic carbocycles. The van der Waals surface area contributed by atoms with Crippen molar-refractivity contribution >= 4 is 22.3 Å². The molecule has 0 spiro atoms. The Morgan fingerprint density at radius 3 is 2.43 bits per heavy atom. The molecule has 0 aliphatic rings. The van der Waals surface area contributed by atoms with Crippen molar-refractivity contribution in [2.24, 2.45) is 0 Å². The lowest BCUT2D eigenvalue weighted by Crippen LogP contribution is -2.11. The molecule has 0 unspecified atom stereocenters. The van der Waals surface area contributed by atoms with Crippen molar-refractivity contribution < 1.29 is 14.3 Å². The maximum absolute atomic E-state index is 12.3. The van der Waals surface area contributed by atoms with Gasteiger partial charge in [0.1, 0.15) is 16.3 Å². The van der Waals surface area contributed by atoms with E-state index in [1.165, 1.54) is 11.3 Å². The van der Waals surface area contributed by atoms with Gasteiger partial charge in [-0.15, -0.1) is 11.3 Å². The third-order valence-electron chi connectivity index (χ3n) is 3.33. The molecule has 0 atom stereocenters. The van der Waals surface area contributed by atoms with E-state index in [1.54, 1.807) is 14.0 Å². The molecule has 124 valence electrons. The molecule has 0 amide bonds. The van der Waals surface area contributed by atoms with E-state index in [-0.39, 0.29) is 5.97 Å². The molecule has 0 saturated heterocycles. The van der Waals surface area contributed by atoms with E-state index in [2.05, 4.69) is 0 Å². The third kappa shape index (κ3) is 3.83. The molecule has 0 bridgehead atoms. The minimum Gasteiger partial charge on any atom is -0.497 e. The second-order valence-corrected chi connectivity index (χ2v) is 6.46. The average Bonchev–Trinajstić information content (AvgIpc) is 2.83. The zero-order valence-electron chi connectivity index (χ0n) is 13.9. The van der Waals surface area contributed by atoms with Crippen LogP contribution in [0.4, 0.5) is 5.00 Å². The molecule has 2 rings (SSSR count). The quantitative estimate of drug-likeness (QED) is 0.822. The van der Waals surface area contributed by atoms with Gasteiger partial charge in [0.25, 0.3) is 0 Å². The fourth-order valence-electron chi connectivity index (χ4n) is 2.36. The Bertz CT molecular complexity index is 678. The number of anilines is 1. The Labute approximate surface area is 140 Å². The summed E-state index contributed by atoms with van der Waals surface area (Å²) < 4.78 is 10.4. The molecular formula is C17H22N2O3S. The molecule has 1 aromatic heterocycles. The van der Waals surface area contributed by atoms with Crippen molar-refractivity contribution in [2.75, 3.05) is 33.5 Å². The van der Waals surface area contributed by atoms with Gasteiger partial charge in [0.2, 0.25) is 0 Å². The van der Waals surface area contributed by atoms with Crippen LogP contribution in [0.2, 0.25) is 0 Å². The second-order valence-electron chi connectivity index (χ2n) is 5.33. The van der Waals surface area contributed by atoms with Crippen LogP contribution in [0.15, 0.2) is 24.3 Å². The van der Waals surface area contributed by atoms with Crippen LogP contribution < -0.4 is 10.5 Å². The summed E-state index contributed by atoms with van der Waals surface area (Å²) in [5.74, 6) is 0.390. The predicted molar refractivity (Wildman–Crippen MR) is 94.1 cm³/mol. The maximum Gasteiger partial charge on any atom is 0.341 e. The molecular weight excluding hydrogens is 312 g/mol. The molecule has 2 aromatic rings. The number of carbonyl (C=O) groups excluding carboxylic acids is 1. The Kier molecular flexibility index (Phi) is 5.63. The summed E-state index contributed by atoms with van der Waals surface area (Å²) >= 11 is 1.43. The molecule has 0 aliphatic carbocycles. The summed E-state index contributed by atoms with van der Waals surface area (Å²) in [7, 11) is 5.59. The highest BCUT2D eigenvalue weighted by Gasteiger charge is 2.24. The number of hydrogen-bond donors (Lipinski definition) is 1. The van der Waals surface area contributed by atoms with Crippen LogP contribution in [0, 0.1) is 0 Å². The number of rotatable bonds is 6. The normalized spacial score (nSPS) is 10.8. The standard InChI is InChI=1S/C17H22N2O3S/c1-5-22-17(20)15-14(11-6-8-12(21-4)9-7-11)13(10-19(2)3)23-16(15)18/h6-9H,5,10,18H2,1-4H3. The predicted octanol–water partition coefficient (Wildman–Crippen LogP) is 3.24. The maximum atomic E-state index is 12.3. The number of carbonyl (C=O) groups is 1. The molecule has 6 heteroatoms. The second kappa shape index (κ2) is 7.48. The van der Waals surface area contributed by atoms with Gasteiger partial charge in [-0.05, 0) is 38.7 Å². The average molecular weight is 334 g/mol.